The summed E-state index contributed by atoms with van der Waals surface area (Å²) < 4.78 is 0. The summed E-state index contributed by atoms with van der Waals surface area (Å²) in [6.07, 6.45) is 2.33. The summed E-state index contributed by atoms with van der Waals surface area (Å²) in [5.41, 5.74) is 0. The van der Waals surface area contributed by atoms with Crippen LogP contribution in [0.25, 0.3) is 0 Å². The van der Waals surface area contributed by atoms with Crippen molar-refractivity contribution in [1.82, 2.24) is 0 Å². The highest BCUT2D eigenvalue weighted by atomic mass is 16.3. The zero-order valence-electron chi connectivity index (χ0n) is 7.07. The van der Waals surface area contributed by atoms with Crippen molar-refractivity contribution in [3.05, 3.63) is 0 Å². The molecule has 0 aromatic rings. The topological polar surface area (TPSA) is 77.8 Å². The SMILES string of the molecule is O=C1CCC(O)CC1.OCCO. The molecule has 0 radical (unpaired) electrons. The van der Waals surface area contributed by atoms with Crippen LogP contribution in [0.15, 0.2) is 0 Å². The van der Waals surface area contributed by atoms with E-state index in [0.717, 1.165) is 0 Å². The molecule has 12 heavy (non-hydrogen) atoms. The number of ketones is 1. The van der Waals surface area contributed by atoms with Crippen LogP contribution in [0.1, 0.15) is 25.7 Å². The van der Waals surface area contributed by atoms with E-state index in [1.807, 2.05) is 0 Å². The van der Waals surface area contributed by atoms with Crippen LogP contribution in [-0.4, -0.2) is 40.4 Å². The van der Waals surface area contributed by atoms with Crippen LogP contribution in [0, 0.1) is 0 Å². The van der Waals surface area contributed by atoms with E-state index in [4.69, 9.17) is 15.3 Å². The molecule has 0 aromatic carbocycles. The summed E-state index contributed by atoms with van der Waals surface area (Å²) in [5.74, 6) is 0.301. The van der Waals surface area contributed by atoms with Crippen molar-refractivity contribution >= 4 is 5.78 Å². The smallest absolute Gasteiger partial charge is 0.133 e. The number of aliphatic hydroxyl groups excluding tert-OH is 3. The maximum atomic E-state index is 10.5. The number of rotatable bonds is 1. The molecule has 1 rings (SSSR count). The fraction of sp³-hybridized carbons (Fsp3) is 0.875. The Morgan fingerprint density at radius 1 is 1.17 bits per heavy atom. The molecule has 1 saturated carbocycles. The molecule has 4 nitrogen and oxygen atoms in total. The van der Waals surface area contributed by atoms with Crippen molar-refractivity contribution in [3.63, 3.8) is 0 Å². The van der Waals surface area contributed by atoms with E-state index in [1.165, 1.54) is 0 Å². The predicted molar refractivity (Wildman–Crippen MR) is 43.7 cm³/mol. The predicted octanol–water partition coefficient (Wildman–Crippen LogP) is -0.539. The number of carbonyl (C=O) groups is 1. The summed E-state index contributed by atoms with van der Waals surface area (Å²) in [5, 5.41) is 24.1. The lowest BCUT2D eigenvalue weighted by Crippen LogP contribution is -2.17. The fourth-order valence-electron chi connectivity index (χ4n) is 0.925. The third-order valence-corrected chi connectivity index (χ3v) is 1.61. The highest BCUT2D eigenvalue weighted by Gasteiger charge is 2.14. The van der Waals surface area contributed by atoms with E-state index in [1.54, 1.807) is 0 Å². The largest absolute Gasteiger partial charge is 0.394 e. The Hall–Kier alpha value is -0.450. The monoisotopic (exact) mass is 176 g/mol. The average molecular weight is 176 g/mol. The number of hydrogen-bond donors (Lipinski definition) is 3. The number of carbonyl (C=O) groups excluding carboxylic acids is 1. The lowest BCUT2D eigenvalue weighted by atomic mass is 9.97. The summed E-state index contributed by atoms with van der Waals surface area (Å²) in [7, 11) is 0. The zero-order valence-corrected chi connectivity index (χ0v) is 7.07. The minimum atomic E-state index is -0.201. The second-order valence-corrected chi connectivity index (χ2v) is 2.72. The summed E-state index contributed by atoms with van der Waals surface area (Å²) in [6, 6.07) is 0. The minimum Gasteiger partial charge on any atom is -0.394 e. The van der Waals surface area contributed by atoms with Gasteiger partial charge >= 0.3 is 0 Å². The van der Waals surface area contributed by atoms with Crippen LogP contribution in [0.2, 0.25) is 0 Å². The molecule has 0 bridgehead atoms. The van der Waals surface area contributed by atoms with Gasteiger partial charge in [-0.15, -0.1) is 0 Å². The first-order valence-corrected chi connectivity index (χ1v) is 4.12. The number of aliphatic hydroxyl groups is 3. The highest BCUT2D eigenvalue weighted by Crippen LogP contribution is 2.13. The van der Waals surface area contributed by atoms with Gasteiger partial charge in [0.1, 0.15) is 5.78 Å². The summed E-state index contributed by atoms with van der Waals surface area (Å²) >= 11 is 0. The van der Waals surface area contributed by atoms with Crippen LogP contribution in [0.3, 0.4) is 0 Å². The molecule has 0 amide bonds. The van der Waals surface area contributed by atoms with E-state index in [-0.39, 0.29) is 19.3 Å². The van der Waals surface area contributed by atoms with Gasteiger partial charge in [-0.05, 0) is 12.8 Å². The van der Waals surface area contributed by atoms with Gasteiger partial charge in [0.2, 0.25) is 0 Å². The van der Waals surface area contributed by atoms with Gasteiger partial charge < -0.3 is 15.3 Å². The Bertz CT molecular complexity index is 112. The Balaban J connectivity index is 0.000000261. The van der Waals surface area contributed by atoms with E-state index in [9.17, 15) is 4.79 Å². The molecular formula is C8H16O4. The minimum absolute atomic E-state index is 0.125. The van der Waals surface area contributed by atoms with Crippen molar-refractivity contribution in [2.45, 2.75) is 31.8 Å². The first-order valence-electron chi connectivity index (χ1n) is 4.12. The molecule has 1 aliphatic carbocycles. The fourth-order valence-corrected chi connectivity index (χ4v) is 0.925. The van der Waals surface area contributed by atoms with Gasteiger partial charge in [0, 0.05) is 12.8 Å². The zero-order chi connectivity index (χ0) is 9.40. The maximum absolute atomic E-state index is 10.5. The van der Waals surface area contributed by atoms with E-state index in [2.05, 4.69) is 0 Å². The standard InChI is InChI=1S/C6H10O2.C2H6O2/c7-5-1-2-6(8)4-3-5;3-1-2-4/h5,7H,1-4H2;3-4H,1-2H2. The summed E-state index contributed by atoms with van der Waals surface area (Å²) in [6.45, 7) is -0.250. The van der Waals surface area contributed by atoms with Crippen LogP contribution in [0.5, 0.6) is 0 Å². The van der Waals surface area contributed by atoms with Gasteiger partial charge in [0.05, 0.1) is 19.3 Å². The molecule has 0 unspecified atom stereocenters. The molecular weight excluding hydrogens is 160 g/mol. The molecule has 1 aliphatic rings. The lowest BCUT2D eigenvalue weighted by molar-refractivity contribution is -0.122. The van der Waals surface area contributed by atoms with Crippen LogP contribution >= 0.6 is 0 Å². The van der Waals surface area contributed by atoms with E-state index in [0.29, 0.717) is 31.5 Å². The van der Waals surface area contributed by atoms with E-state index >= 15 is 0 Å². The van der Waals surface area contributed by atoms with Crippen molar-refractivity contribution in [2.75, 3.05) is 13.2 Å². The van der Waals surface area contributed by atoms with Crippen LogP contribution in [0.4, 0.5) is 0 Å². The molecule has 0 aromatic heterocycles. The normalized spacial score (nSPS) is 18.4. The summed E-state index contributed by atoms with van der Waals surface area (Å²) in [4.78, 5) is 10.5. The number of Topliss-reactive ketones (excluding diaryl/α,β-unsaturated/α-hetero) is 1. The first kappa shape index (κ1) is 11.6. The van der Waals surface area contributed by atoms with Crippen molar-refractivity contribution in [3.8, 4) is 0 Å². The third kappa shape index (κ3) is 6.27. The van der Waals surface area contributed by atoms with Crippen LogP contribution < -0.4 is 0 Å². The van der Waals surface area contributed by atoms with Gasteiger partial charge in [-0.1, -0.05) is 0 Å². The van der Waals surface area contributed by atoms with Gasteiger partial charge in [-0.25, -0.2) is 0 Å². The first-order chi connectivity index (χ1) is 5.70. The molecule has 3 N–H and O–H groups in total. The average Bonchev–Trinajstić information content (AvgIpc) is 2.11. The molecule has 1 fully saturated rings. The van der Waals surface area contributed by atoms with Gasteiger partial charge in [0.15, 0.2) is 0 Å². The molecule has 0 aliphatic heterocycles. The number of hydrogen-bond acceptors (Lipinski definition) is 4. The van der Waals surface area contributed by atoms with Crippen LogP contribution in [-0.2, 0) is 4.79 Å². The van der Waals surface area contributed by atoms with Gasteiger partial charge in [-0.2, -0.15) is 0 Å². The Labute approximate surface area is 71.8 Å². The Morgan fingerprint density at radius 2 is 1.58 bits per heavy atom. The van der Waals surface area contributed by atoms with Gasteiger partial charge in [0.25, 0.3) is 0 Å². The molecule has 4 heteroatoms. The Morgan fingerprint density at radius 3 is 1.83 bits per heavy atom. The second kappa shape index (κ2) is 7.21. The van der Waals surface area contributed by atoms with Crippen molar-refractivity contribution in [1.29, 1.82) is 0 Å². The molecule has 72 valence electrons. The van der Waals surface area contributed by atoms with Gasteiger partial charge in [-0.3, -0.25) is 4.79 Å². The van der Waals surface area contributed by atoms with E-state index < -0.39 is 0 Å². The third-order valence-electron chi connectivity index (χ3n) is 1.61. The highest BCUT2D eigenvalue weighted by molar-refractivity contribution is 5.79. The molecule has 0 heterocycles. The molecule has 0 spiro atoms. The quantitative estimate of drug-likeness (QED) is 0.501. The lowest BCUT2D eigenvalue weighted by Gasteiger charge is -2.13. The maximum Gasteiger partial charge on any atom is 0.133 e. The van der Waals surface area contributed by atoms with Crippen molar-refractivity contribution in [2.24, 2.45) is 0 Å². The second-order valence-electron chi connectivity index (χ2n) is 2.72. The Kier molecular flexibility index (Phi) is 6.94. The molecule has 0 saturated heterocycles. The molecule has 0 atom stereocenters. The van der Waals surface area contributed by atoms with Crippen molar-refractivity contribution < 1.29 is 20.1 Å².